The number of aromatic nitrogens is 1. The Kier molecular flexibility index (Phi) is 18.3. The molecule has 15 nitrogen and oxygen atoms in total. The van der Waals surface area contributed by atoms with Gasteiger partial charge in [-0.25, -0.2) is 14.4 Å². The maximum atomic E-state index is 13.7. The van der Waals surface area contributed by atoms with Crippen LogP contribution in [0.25, 0.3) is 11.1 Å². The number of nitrogens with zero attached hydrogens (tertiary/aromatic N) is 5. The molecule has 342 valence electrons. The predicted molar refractivity (Wildman–Crippen MR) is 241 cm³/mol. The van der Waals surface area contributed by atoms with E-state index in [0.717, 1.165) is 80.8 Å². The zero-order valence-electron chi connectivity index (χ0n) is 36.8. The van der Waals surface area contributed by atoms with Crippen molar-refractivity contribution in [2.75, 3.05) is 84.4 Å². The van der Waals surface area contributed by atoms with Gasteiger partial charge in [-0.05, 0) is 87.2 Å². The number of esters is 1. The summed E-state index contributed by atoms with van der Waals surface area (Å²) in [6.45, 7) is 14.8. The molecule has 3 saturated heterocycles. The molecule has 1 atom stereocenters. The summed E-state index contributed by atoms with van der Waals surface area (Å²) in [4.78, 5) is 76.1. The number of hydrogen-bond donors (Lipinski definition) is 2. The molecule has 62 heavy (non-hydrogen) atoms. The second-order valence-electron chi connectivity index (χ2n) is 17.3. The molecule has 0 unspecified atom stereocenters. The lowest BCUT2D eigenvalue weighted by molar-refractivity contribution is -0.144. The van der Waals surface area contributed by atoms with Crippen LogP contribution in [-0.2, 0) is 31.9 Å². The standard InChI is InChI=1S/C32H39N5O6.C14H28N2O2.CH4/c1-20-7-12-35(13-8-20)29(38)27(19-22-17-21(2)28-26(18-22)42-31(40)34-28)43-32(41)36-14-10-24(11-15-36)37-16-9-23-5-3-4-6-25(23)33-30(37)39;1-3-4-5-6-13-18-14(17)7-8-16-11-9-15(2)10-12-16;/h3-6,17-18,20,24,27H,7-16,19H2,1-2H3,(H,33,39)(H,34,40);3-13H2,1-2H3;1H4/t27-;;/m1../s1. The van der Waals surface area contributed by atoms with Gasteiger partial charge in [-0.2, -0.15) is 0 Å². The van der Waals surface area contributed by atoms with Gasteiger partial charge in [-0.3, -0.25) is 14.6 Å². The summed E-state index contributed by atoms with van der Waals surface area (Å²) < 4.78 is 16.5. The number of unbranched alkanes of at least 4 members (excludes halogenated alkanes) is 3. The highest BCUT2D eigenvalue weighted by Crippen LogP contribution is 2.26. The van der Waals surface area contributed by atoms with Crippen LogP contribution in [0.3, 0.4) is 0 Å². The number of hydrogen-bond acceptors (Lipinski definition) is 10. The number of likely N-dealkylation sites (N-methyl/N-ethyl adjacent to an activating group) is 1. The van der Waals surface area contributed by atoms with Crippen LogP contribution in [0.1, 0.15) is 95.8 Å². The average molecular weight is 862 g/mol. The minimum Gasteiger partial charge on any atom is -0.466 e. The van der Waals surface area contributed by atoms with Crippen molar-refractivity contribution < 1.29 is 33.1 Å². The lowest BCUT2D eigenvalue weighted by atomic mass is 9.98. The number of benzene rings is 2. The smallest absolute Gasteiger partial charge is 0.417 e. The zero-order valence-corrected chi connectivity index (χ0v) is 36.8. The van der Waals surface area contributed by atoms with Gasteiger partial charge in [0.05, 0.1) is 18.5 Å². The Balaban J connectivity index is 0.000000323. The van der Waals surface area contributed by atoms with Gasteiger partial charge < -0.3 is 43.7 Å². The molecule has 3 aromatic rings. The summed E-state index contributed by atoms with van der Waals surface area (Å²) in [5, 5.41) is 3.03. The summed E-state index contributed by atoms with van der Waals surface area (Å²) in [6, 6.07) is 11.4. The molecule has 0 radical (unpaired) electrons. The maximum Gasteiger partial charge on any atom is 0.417 e. The van der Waals surface area contributed by atoms with Gasteiger partial charge in [0.15, 0.2) is 11.7 Å². The van der Waals surface area contributed by atoms with E-state index in [1.807, 2.05) is 42.2 Å². The predicted octanol–water partition coefficient (Wildman–Crippen LogP) is 6.67. The summed E-state index contributed by atoms with van der Waals surface area (Å²) in [6.07, 6.45) is 7.67. The first kappa shape index (κ1) is 48.1. The number of ether oxygens (including phenoxy) is 2. The molecule has 2 N–H and O–H groups in total. The number of aromatic amines is 1. The number of rotatable bonds is 13. The zero-order chi connectivity index (χ0) is 43.3. The van der Waals surface area contributed by atoms with Crippen molar-refractivity contribution in [3.63, 3.8) is 0 Å². The number of fused-ring (bicyclic) bond motifs is 2. The van der Waals surface area contributed by atoms with Gasteiger partial charge in [-0.1, -0.05) is 64.8 Å². The number of carbonyl (C=O) groups is 4. The van der Waals surface area contributed by atoms with E-state index in [1.165, 1.54) is 19.3 Å². The molecule has 15 heteroatoms. The number of piperazine rings is 1. The number of para-hydroxylation sites is 1. The molecule has 0 spiro atoms. The van der Waals surface area contributed by atoms with E-state index in [4.69, 9.17) is 13.9 Å². The average Bonchev–Trinajstić information content (AvgIpc) is 3.55. The number of oxazole rings is 1. The minimum absolute atomic E-state index is 0. The monoisotopic (exact) mass is 862 g/mol. The Bertz CT molecular complexity index is 1980. The fraction of sp³-hybridized carbons (Fsp3) is 0.638. The maximum absolute atomic E-state index is 13.7. The molecule has 4 aliphatic rings. The van der Waals surface area contributed by atoms with Crippen molar-refractivity contribution in [2.24, 2.45) is 5.92 Å². The van der Waals surface area contributed by atoms with Crippen molar-refractivity contribution in [3.8, 4) is 0 Å². The first-order chi connectivity index (χ1) is 29.5. The number of aryl methyl sites for hydroxylation is 1. The Hall–Kier alpha value is -4.89. The lowest BCUT2D eigenvalue weighted by Gasteiger charge is -2.38. The largest absolute Gasteiger partial charge is 0.466 e. The summed E-state index contributed by atoms with van der Waals surface area (Å²) in [5.74, 6) is -0.231. The Morgan fingerprint density at radius 1 is 0.887 bits per heavy atom. The highest BCUT2D eigenvalue weighted by Gasteiger charge is 2.35. The third-order valence-electron chi connectivity index (χ3n) is 12.6. The number of urea groups is 1. The van der Waals surface area contributed by atoms with Crippen molar-refractivity contribution >= 4 is 40.8 Å². The van der Waals surface area contributed by atoms with Crippen LogP contribution in [0.15, 0.2) is 45.6 Å². The summed E-state index contributed by atoms with van der Waals surface area (Å²) >= 11 is 0. The van der Waals surface area contributed by atoms with Crippen LogP contribution in [0.5, 0.6) is 0 Å². The van der Waals surface area contributed by atoms with E-state index in [2.05, 4.69) is 41.0 Å². The topological polar surface area (TPSA) is 161 Å². The summed E-state index contributed by atoms with van der Waals surface area (Å²) in [5.41, 5.74) is 4.55. The number of H-pyrrole nitrogens is 1. The van der Waals surface area contributed by atoms with E-state index in [1.54, 1.807) is 15.9 Å². The van der Waals surface area contributed by atoms with E-state index in [9.17, 15) is 24.0 Å². The van der Waals surface area contributed by atoms with Gasteiger partial charge in [0.25, 0.3) is 5.91 Å². The van der Waals surface area contributed by atoms with E-state index in [-0.39, 0.29) is 37.8 Å². The van der Waals surface area contributed by atoms with Crippen LogP contribution < -0.4 is 11.1 Å². The highest BCUT2D eigenvalue weighted by molar-refractivity contribution is 5.91. The molecule has 0 aliphatic carbocycles. The van der Waals surface area contributed by atoms with E-state index < -0.39 is 18.0 Å². The van der Waals surface area contributed by atoms with Crippen LogP contribution >= 0.6 is 0 Å². The Labute approximate surface area is 367 Å². The SMILES string of the molecule is C.CCCCCCOC(=O)CCN1CCN(C)CC1.Cc1cc(C[C@@H](OC(=O)N2CCC(N3CCc4ccccc4NC3=O)CC2)C(=O)N2CCC(C)CC2)cc2oc(=O)[nH]c12. The highest BCUT2D eigenvalue weighted by atomic mass is 16.6. The fourth-order valence-corrected chi connectivity index (χ4v) is 8.64. The molecule has 4 aliphatic heterocycles. The minimum atomic E-state index is -1.00. The molecule has 0 bridgehead atoms. The first-order valence-corrected chi connectivity index (χ1v) is 22.6. The number of carbonyl (C=O) groups excluding carboxylic acids is 4. The Morgan fingerprint density at radius 2 is 1.60 bits per heavy atom. The molecule has 0 saturated carbocycles. The Morgan fingerprint density at radius 3 is 2.32 bits per heavy atom. The molecule has 1 aromatic heterocycles. The third-order valence-corrected chi connectivity index (χ3v) is 12.6. The quantitative estimate of drug-likeness (QED) is 0.140. The van der Waals surface area contributed by atoms with Gasteiger partial charge in [-0.15, -0.1) is 0 Å². The molecule has 4 amide bonds. The van der Waals surface area contributed by atoms with Gasteiger partial charge in [0.2, 0.25) is 0 Å². The molecule has 3 fully saturated rings. The van der Waals surface area contributed by atoms with Crippen LogP contribution in [0.2, 0.25) is 0 Å². The fourth-order valence-electron chi connectivity index (χ4n) is 8.64. The normalized spacial score (nSPS) is 18.5. The molecule has 2 aromatic carbocycles. The molecular weight excluding hydrogens is 791 g/mol. The van der Waals surface area contributed by atoms with Crippen LogP contribution in [0.4, 0.5) is 15.3 Å². The number of nitrogens with one attached hydrogen (secondary N) is 2. The molecule has 7 rings (SSSR count). The van der Waals surface area contributed by atoms with Crippen molar-refractivity contribution in [1.82, 2.24) is 29.5 Å². The summed E-state index contributed by atoms with van der Waals surface area (Å²) in [7, 11) is 2.14. The van der Waals surface area contributed by atoms with Gasteiger partial charge >= 0.3 is 23.8 Å². The molecule has 5 heterocycles. The van der Waals surface area contributed by atoms with Gasteiger partial charge in [0.1, 0.15) is 0 Å². The second-order valence-corrected chi connectivity index (χ2v) is 17.3. The van der Waals surface area contributed by atoms with Crippen LogP contribution in [-0.4, -0.2) is 145 Å². The van der Waals surface area contributed by atoms with Crippen molar-refractivity contribution in [2.45, 2.75) is 111 Å². The van der Waals surface area contributed by atoms with E-state index in [0.29, 0.717) is 75.6 Å². The number of piperidine rings is 2. The number of anilines is 1. The number of likely N-dealkylation sites (tertiary alicyclic amines) is 2. The molecular formula is C47H71N7O8. The van der Waals surface area contributed by atoms with Gasteiger partial charge in [0, 0.05) is 83.6 Å². The third kappa shape index (κ3) is 13.6. The number of amides is 4. The first-order valence-electron chi connectivity index (χ1n) is 22.6. The van der Waals surface area contributed by atoms with Crippen molar-refractivity contribution in [1.29, 1.82) is 0 Å². The second kappa shape index (κ2) is 23.5. The van der Waals surface area contributed by atoms with E-state index >= 15 is 0 Å². The van der Waals surface area contributed by atoms with Crippen LogP contribution in [0, 0.1) is 12.8 Å². The van der Waals surface area contributed by atoms with Crippen molar-refractivity contribution in [3.05, 3.63) is 63.6 Å². The lowest BCUT2D eigenvalue weighted by Crippen LogP contribution is -2.51.